The highest BCUT2D eigenvalue weighted by molar-refractivity contribution is 6.00. The van der Waals surface area contributed by atoms with Gasteiger partial charge in [-0.2, -0.15) is 0 Å². The van der Waals surface area contributed by atoms with Crippen molar-refractivity contribution in [3.63, 3.8) is 0 Å². The van der Waals surface area contributed by atoms with E-state index >= 15 is 0 Å². The first-order valence-electron chi connectivity index (χ1n) is 12.4. The molecule has 2 saturated carbocycles. The summed E-state index contributed by atoms with van der Waals surface area (Å²) in [5.41, 5.74) is 10.3. The van der Waals surface area contributed by atoms with Gasteiger partial charge in [0.25, 0.3) is 5.91 Å². The van der Waals surface area contributed by atoms with E-state index in [-0.39, 0.29) is 11.9 Å². The lowest BCUT2D eigenvalue weighted by atomic mass is 10.1. The van der Waals surface area contributed by atoms with Gasteiger partial charge >= 0.3 is 0 Å². The molecule has 1 aromatic carbocycles. The molecule has 3 atom stereocenters. The number of ether oxygens (including phenoxy) is 1. The van der Waals surface area contributed by atoms with E-state index in [1.165, 1.54) is 12.8 Å². The molecular weight excluding hydrogens is 440 g/mol. The van der Waals surface area contributed by atoms with Crippen LogP contribution in [0.1, 0.15) is 35.7 Å². The molecular formula is C27H32N6O2. The van der Waals surface area contributed by atoms with E-state index in [1.807, 2.05) is 37.1 Å². The van der Waals surface area contributed by atoms with Crippen molar-refractivity contribution in [2.75, 3.05) is 20.2 Å². The van der Waals surface area contributed by atoms with Crippen molar-refractivity contribution in [2.24, 2.45) is 35.5 Å². The Morgan fingerprint density at radius 2 is 2.03 bits per heavy atom. The summed E-state index contributed by atoms with van der Waals surface area (Å²) >= 11 is 0. The Bertz CT molecular complexity index is 1370. The van der Waals surface area contributed by atoms with E-state index in [0.29, 0.717) is 29.1 Å². The van der Waals surface area contributed by atoms with E-state index in [2.05, 4.69) is 33.0 Å². The minimum absolute atomic E-state index is 0.0161. The lowest BCUT2D eigenvalue weighted by Gasteiger charge is -2.19. The van der Waals surface area contributed by atoms with E-state index < -0.39 is 0 Å². The fourth-order valence-corrected chi connectivity index (χ4v) is 5.71. The smallest absolute Gasteiger partial charge is 0.254 e. The first kappa shape index (κ1) is 22.1. The Labute approximate surface area is 205 Å². The number of likely N-dealkylation sites (tertiary alicyclic amines) is 1. The maximum atomic E-state index is 13.3. The number of aryl methyl sites for hydroxylation is 1. The molecule has 2 N–H and O–H groups in total. The molecule has 8 nitrogen and oxygen atoms in total. The van der Waals surface area contributed by atoms with Gasteiger partial charge in [0.2, 0.25) is 0 Å². The molecule has 0 spiro atoms. The van der Waals surface area contributed by atoms with E-state index in [1.54, 1.807) is 7.11 Å². The summed E-state index contributed by atoms with van der Waals surface area (Å²) in [6.07, 6.45) is 6.54. The van der Waals surface area contributed by atoms with Crippen LogP contribution in [-0.2, 0) is 13.6 Å². The molecule has 3 fully saturated rings. The number of imidazole rings is 1. The maximum Gasteiger partial charge on any atom is 0.254 e. The molecule has 35 heavy (non-hydrogen) atoms. The summed E-state index contributed by atoms with van der Waals surface area (Å²) in [6.45, 7) is 8.20. The number of rotatable bonds is 7. The quantitative estimate of drug-likeness (QED) is 0.529. The van der Waals surface area contributed by atoms with Crippen molar-refractivity contribution in [3.8, 4) is 17.3 Å². The number of aromatic nitrogens is 3. The SMILES string of the molecule is C=Nc1c(/C=C\C)cc(-c2nc3cc(C(=O)N4C[C@@H]5[C@@H](N)[C@@H]5C4)cc(OC)c3n2C)n1CC1CC1. The summed E-state index contributed by atoms with van der Waals surface area (Å²) in [5, 5.41) is 0. The number of piperidine rings is 1. The number of hydrogen-bond donors (Lipinski definition) is 1. The zero-order chi connectivity index (χ0) is 24.4. The number of hydrogen-bond acceptors (Lipinski definition) is 5. The summed E-state index contributed by atoms with van der Waals surface area (Å²) in [6, 6.07) is 6.11. The van der Waals surface area contributed by atoms with Gasteiger partial charge in [-0.15, -0.1) is 0 Å². The van der Waals surface area contributed by atoms with Crippen molar-refractivity contribution < 1.29 is 9.53 Å². The van der Waals surface area contributed by atoms with Crippen molar-refractivity contribution in [3.05, 3.63) is 35.4 Å². The van der Waals surface area contributed by atoms with Gasteiger partial charge in [0.15, 0.2) is 5.82 Å². The van der Waals surface area contributed by atoms with E-state index in [4.69, 9.17) is 15.5 Å². The molecule has 182 valence electrons. The van der Waals surface area contributed by atoms with Crippen LogP contribution in [0.5, 0.6) is 5.75 Å². The minimum Gasteiger partial charge on any atom is -0.494 e. The van der Waals surface area contributed by atoms with Gasteiger partial charge in [0.1, 0.15) is 17.1 Å². The molecule has 8 heteroatoms. The Kier molecular flexibility index (Phi) is 5.11. The van der Waals surface area contributed by atoms with E-state index in [0.717, 1.165) is 53.6 Å². The van der Waals surface area contributed by atoms with Crippen LogP contribution in [0.3, 0.4) is 0 Å². The second-order valence-corrected chi connectivity index (χ2v) is 10.2. The topological polar surface area (TPSA) is 90.7 Å². The molecule has 3 aromatic rings. The van der Waals surface area contributed by atoms with Crippen molar-refractivity contribution in [1.82, 2.24) is 19.0 Å². The van der Waals surface area contributed by atoms with Gasteiger partial charge in [0.05, 0.1) is 18.3 Å². The minimum atomic E-state index is 0.0161. The summed E-state index contributed by atoms with van der Waals surface area (Å²) in [5.74, 6) is 3.90. The number of allylic oxidation sites excluding steroid dienone is 1. The summed E-state index contributed by atoms with van der Waals surface area (Å²) in [7, 11) is 3.63. The van der Waals surface area contributed by atoms with Crippen LogP contribution in [0.15, 0.2) is 29.3 Å². The Balaban J connectivity index is 1.45. The van der Waals surface area contributed by atoms with Gasteiger partial charge in [-0.1, -0.05) is 12.2 Å². The number of fused-ring (bicyclic) bond motifs is 2. The fraction of sp³-hybridized carbons (Fsp3) is 0.444. The van der Waals surface area contributed by atoms with Crippen LogP contribution in [0.25, 0.3) is 28.6 Å². The molecule has 0 bridgehead atoms. The van der Waals surface area contributed by atoms with Crippen LogP contribution >= 0.6 is 0 Å². The fourth-order valence-electron chi connectivity index (χ4n) is 5.71. The number of amides is 1. The molecule has 0 unspecified atom stereocenters. The molecule has 2 aliphatic carbocycles. The summed E-state index contributed by atoms with van der Waals surface area (Å²) < 4.78 is 10.0. The predicted octanol–water partition coefficient (Wildman–Crippen LogP) is 3.85. The van der Waals surface area contributed by atoms with Gasteiger partial charge in [-0.3, -0.25) is 4.79 Å². The first-order chi connectivity index (χ1) is 16.9. The molecule has 6 rings (SSSR count). The number of nitrogens with zero attached hydrogens (tertiary/aromatic N) is 5. The van der Waals surface area contributed by atoms with Crippen molar-refractivity contribution >= 4 is 35.6 Å². The number of carbonyl (C=O) groups excluding carboxylic acids is 1. The second kappa shape index (κ2) is 8.09. The molecule has 1 saturated heterocycles. The van der Waals surface area contributed by atoms with Crippen molar-refractivity contribution in [2.45, 2.75) is 32.4 Å². The third-order valence-electron chi connectivity index (χ3n) is 7.91. The molecule has 3 heterocycles. The molecule has 1 aliphatic heterocycles. The lowest BCUT2D eigenvalue weighted by molar-refractivity contribution is 0.0773. The number of methoxy groups -OCH3 is 1. The molecule has 1 amide bonds. The van der Waals surface area contributed by atoms with Gasteiger partial charge < -0.3 is 24.5 Å². The highest BCUT2D eigenvalue weighted by atomic mass is 16.5. The number of aliphatic imine (C=N–C) groups is 1. The van der Waals surface area contributed by atoms with Crippen LogP contribution in [0.2, 0.25) is 0 Å². The highest BCUT2D eigenvalue weighted by Gasteiger charge is 2.54. The zero-order valence-electron chi connectivity index (χ0n) is 20.6. The largest absolute Gasteiger partial charge is 0.494 e. The molecule has 3 aliphatic rings. The summed E-state index contributed by atoms with van der Waals surface area (Å²) in [4.78, 5) is 24.6. The van der Waals surface area contributed by atoms with Crippen LogP contribution in [-0.4, -0.2) is 57.9 Å². The maximum absolute atomic E-state index is 13.3. The van der Waals surface area contributed by atoms with Crippen LogP contribution in [0, 0.1) is 17.8 Å². The van der Waals surface area contributed by atoms with Crippen LogP contribution in [0.4, 0.5) is 5.82 Å². The third-order valence-corrected chi connectivity index (χ3v) is 7.91. The van der Waals surface area contributed by atoms with E-state index in [9.17, 15) is 4.79 Å². The molecule has 0 radical (unpaired) electrons. The third kappa shape index (κ3) is 3.50. The first-order valence-corrected chi connectivity index (χ1v) is 12.4. The highest BCUT2D eigenvalue weighted by Crippen LogP contribution is 2.44. The number of nitrogens with two attached hydrogens (primary N) is 1. The Morgan fingerprint density at radius 3 is 2.66 bits per heavy atom. The van der Waals surface area contributed by atoms with Gasteiger partial charge in [-0.05, 0) is 62.4 Å². The van der Waals surface area contributed by atoms with Crippen molar-refractivity contribution in [1.29, 1.82) is 0 Å². The average molecular weight is 473 g/mol. The normalized spacial score (nSPS) is 23.3. The number of carbonyl (C=O) groups is 1. The van der Waals surface area contributed by atoms with Gasteiger partial charge in [-0.25, -0.2) is 9.98 Å². The zero-order valence-corrected chi connectivity index (χ0v) is 20.6. The average Bonchev–Trinajstić information content (AvgIpc) is 3.61. The second-order valence-electron chi connectivity index (χ2n) is 10.2. The van der Waals surface area contributed by atoms with Crippen LogP contribution < -0.4 is 10.5 Å². The monoisotopic (exact) mass is 472 g/mol. The number of benzene rings is 1. The lowest BCUT2D eigenvalue weighted by Crippen LogP contribution is -2.33. The Hall–Kier alpha value is -3.39. The Morgan fingerprint density at radius 1 is 1.29 bits per heavy atom. The predicted molar refractivity (Wildman–Crippen MR) is 138 cm³/mol. The molecule has 2 aromatic heterocycles. The van der Waals surface area contributed by atoms with Gasteiger partial charge in [0, 0.05) is 43.9 Å². The standard InChI is InChI=1S/C27H32N6O2/c1-5-6-16-10-21(33(25(16)29-2)12-15-7-8-15)26-30-20-9-17(11-22(35-4)24(20)31(26)3)27(34)32-13-18-19(14-32)23(18)28/h5-6,9-11,15,18-19,23H,2,7-8,12-14,28H2,1,3-4H3/b6-5-/t18-,19+,23+.